The van der Waals surface area contributed by atoms with E-state index in [1.807, 2.05) is 13.8 Å². The van der Waals surface area contributed by atoms with E-state index < -0.39 is 11.5 Å². The number of benzene rings is 1. The van der Waals surface area contributed by atoms with Crippen LogP contribution < -0.4 is 10.9 Å². The fourth-order valence-electron chi connectivity index (χ4n) is 2.27. The van der Waals surface area contributed by atoms with Crippen molar-refractivity contribution in [2.24, 2.45) is 0 Å². The molecule has 0 unspecified atom stereocenters. The number of aromatic nitrogens is 1. The highest BCUT2D eigenvalue weighted by atomic mass is 35.5. The summed E-state index contributed by atoms with van der Waals surface area (Å²) in [6, 6.07) is 6.01. The molecule has 2 rings (SSSR count). The van der Waals surface area contributed by atoms with Crippen LogP contribution in [-0.2, 0) is 0 Å². The smallest absolute Gasteiger partial charge is 0.341 e. The summed E-state index contributed by atoms with van der Waals surface area (Å²) in [5.41, 5.74) is 0.0947. The number of pyridine rings is 1. The predicted octanol–water partition coefficient (Wildman–Crippen LogP) is 2.64. The minimum absolute atomic E-state index is 0.0360. The quantitative estimate of drug-likeness (QED) is 0.889. The highest BCUT2D eigenvalue weighted by Gasteiger charge is 2.17. The number of aryl methyl sites for hydroxylation is 1. The number of carboxylic acid groups (broad SMARTS) is 1. The molecule has 0 saturated carbocycles. The third-order valence-electron chi connectivity index (χ3n) is 3.41. The van der Waals surface area contributed by atoms with E-state index in [1.165, 1.54) is 29.0 Å². The lowest BCUT2D eigenvalue weighted by molar-refractivity contribution is 0.0693. The minimum atomic E-state index is -1.29. The van der Waals surface area contributed by atoms with Gasteiger partial charge in [0.2, 0.25) is 0 Å². The molecule has 126 valence electrons. The van der Waals surface area contributed by atoms with Gasteiger partial charge in [0.1, 0.15) is 5.56 Å². The molecule has 0 saturated heterocycles. The predicted molar refractivity (Wildman–Crippen MR) is 91.3 cm³/mol. The monoisotopic (exact) mass is 348 g/mol. The van der Waals surface area contributed by atoms with Crippen LogP contribution in [0.5, 0.6) is 0 Å². The van der Waals surface area contributed by atoms with Crippen molar-refractivity contribution in [1.82, 2.24) is 9.88 Å². The fourth-order valence-corrected chi connectivity index (χ4v) is 2.53. The van der Waals surface area contributed by atoms with Gasteiger partial charge in [0.25, 0.3) is 11.5 Å². The average Bonchev–Trinajstić information content (AvgIpc) is 2.45. The van der Waals surface area contributed by atoms with Crippen LogP contribution in [0.1, 0.15) is 40.1 Å². The second-order valence-corrected chi connectivity index (χ2v) is 6.05. The fraction of sp³-hybridized carbons (Fsp3) is 0.235. The maximum absolute atomic E-state index is 12.4. The Balaban J connectivity index is 2.51. The van der Waals surface area contributed by atoms with Crippen molar-refractivity contribution in [3.05, 3.63) is 62.5 Å². The van der Waals surface area contributed by atoms with E-state index in [0.29, 0.717) is 11.3 Å². The standard InChI is InChI=1S/C17H17ClN2O4/c1-9(2)19-15(21)12-5-4-11(8-13(12)18)20-7-6-10(3)14(16(20)22)17(23)24/h4-9H,1-3H3,(H,19,21)(H,23,24). The van der Waals surface area contributed by atoms with Gasteiger partial charge in [-0.3, -0.25) is 14.2 Å². The van der Waals surface area contributed by atoms with Gasteiger partial charge < -0.3 is 10.4 Å². The van der Waals surface area contributed by atoms with Crippen LogP contribution >= 0.6 is 11.6 Å². The van der Waals surface area contributed by atoms with Gasteiger partial charge >= 0.3 is 5.97 Å². The molecule has 7 heteroatoms. The van der Waals surface area contributed by atoms with Crippen molar-refractivity contribution >= 4 is 23.5 Å². The Morgan fingerprint density at radius 1 is 1.25 bits per heavy atom. The molecule has 0 spiro atoms. The third kappa shape index (κ3) is 3.49. The summed E-state index contributed by atoms with van der Waals surface area (Å²) in [6.07, 6.45) is 1.48. The van der Waals surface area contributed by atoms with Crippen LogP contribution in [0.25, 0.3) is 5.69 Å². The second kappa shape index (κ2) is 6.88. The van der Waals surface area contributed by atoms with Crippen molar-refractivity contribution in [2.45, 2.75) is 26.8 Å². The van der Waals surface area contributed by atoms with Gasteiger partial charge in [-0.25, -0.2) is 4.79 Å². The zero-order valence-corrected chi connectivity index (χ0v) is 14.2. The molecule has 0 bridgehead atoms. The number of amides is 1. The van der Waals surface area contributed by atoms with E-state index in [-0.39, 0.29) is 28.1 Å². The van der Waals surface area contributed by atoms with Crippen molar-refractivity contribution in [3.8, 4) is 5.69 Å². The van der Waals surface area contributed by atoms with Gasteiger partial charge in [0, 0.05) is 12.2 Å². The number of nitrogens with zero attached hydrogens (tertiary/aromatic N) is 1. The lowest BCUT2D eigenvalue weighted by Crippen LogP contribution is -2.30. The highest BCUT2D eigenvalue weighted by molar-refractivity contribution is 6.34. The van der Waals surface area contributed by atoms with E-state index in [0.717, 1.165) is 0 Å². The Morgan fingerprint density at radius 3 is 2.46 bits per heavy atom. The van der Waals surface area contributed by atoms with Crippen molar-refractivity contribution in [2.75, 3.05) is 0 Å². The molecule has 0 aliphatic rings. The maximum Gasteiger partial charge on any atom is 0.341 e. The van der Waals surface area contributed by atoms with Crippen LogP contribution in [0.2, 0.25) is 5.02 Å². The van der Waals surface area contributed by atoms with Gasteiger partial charge in [-0.05, 0) is 50.6 Å². The number of nitrogens with one attached hydrogen (secondary N) is 1. The molecule has 0 radical (unpaired) electrons. The van der Waals surface area contributed by atoms with Crippen LogP contribution in [-0.4, -0.2) is 27.6 Å². The van der Waals surface area contributed by atoms with Crippen LogP contribution in [0.4, 0.5) is 0 Å². The third-order valence-corrected chi connectivity index (χ3v) is 3.72. The molecular formula is C17H17ClN2O4. The zero-order chi connectivity index (χ0) is 18.0. The molecule has 2 aromatic rings. The number of aromatic carboxylic acids is 1. The Morgan fingerprint density at radius 2 is 1.92 bits per heavy atom. The van der Waals surface area contributed by atoms with Crippen LogP contribution in [0, 0.1) is 6.92 Å². The van der Waals surface area contributed by atoms with Gasteiger partial charge in [0.05, 0.1) is 16.3 Å². The summed E-state index contributed by atoms with van der Waals surface area (Å²) in [4.78, 5) is 35.7. The van der Waals surface area contributed by atoms with Crippen molar-refractivity contribution in [3.63, 3.8) is 0 Å². The van der Waals surface area contributed by atoms with Crippen molar-refractivity contribution in [1.29, 1.82) is 0 Å². The first-order valence-corrected chi connectivity index (χ1v) is 7.66. The first kappa shape index (κ1) is 17.7. The molecule has 2 N–H and O–H groups in total. The van der Waals surface area contributed by atoms with E-state index in [4.69, 9.17) is 11.6 Å². The lowest BCUT2D eigenvalue weighted by Gasteiger charge is -2.12. The van der Waals surface area contributed by atoms with Gasteiger partial charge in [0.15, 0.2) is 0 Å². The second-order valence-electron chi connectivity index (χ2n) is 5.65. The average molecular weight is 349 g/mol. The zero-order valence-electron chi connectivity index (χ0n) is 13.5. The summed E-state index contributed by atoms with van der Waals surface area (Å²) in [5, 5.41) is 12.1. The van der Waals surface area contributed by atoms with Crippen LogP contribution in [0.15, 0.2) is 35.3 Å². The summed E-state index contributed by atoms with van der Waals surface area (Å²) >= 11 is 6.15. The maximum atomic E-state index is 12.4. The molecular weight excluding hydrogens is 332 g/mol. The van der Waals surface area contributed by atoms with Gasteiger partial charge in [-0.2, -0.15) is 0 Å². The molecule has 24 heavy (non-hydrogen) atoms. The molecule has 0 fully saturated rings. The Bertz CT molecular complexity index is 871. The SMILES string of the molecule is Cc1ccn(-c2ccc(C(=O)NC(C)C)c(Cl)c2)c(=O)c1C(=O)O. The van der Waals surface area contributed by atoms with Crippen LogP contribution in [0.3, 0.4) is 0 Å². The molecule has 0 aliphatic heterocycles. The number of carboxylic acids is 1. The molecule has 1 amide bonds. The first-order chi connectivity index (χ1) is 11.2. The van der Waals surface area contributed by atoms with Crippen molar-refractivity contribution < 1.29 is 14.7 Å². The topological polar surface area (TPSA) is 88.4 Å². The van der Waals surface area contributed by atoms with E-state index >= 15 is 0 Å². The lowest BCUT2D eigenvalue weighted by atomic mass is 10.1. The summed E-state index contributed by atoms with van der Waals surface area (Å²) in [6.45, 7) is 5.22. The Hall–Kier alpha value is -2.60. The number of halogens is 1. The molecule has 1 heterocycles. The highest BCUT2D eigenvalue weighted by Crippen LogP contribution is 2.20. The molecule has 0 aliphatic carbocycles. The minimum Gasteiger partial charge on any atom is -0.477 e. The Labute approximate surface area is 143 Å². The van der Waals surface area contributed by atoms with E-state index in [9.17, 15) is 19.5 Å². The largest absolute Gasteiger partial charge is 0.477 e. The molecule has 1 aromatic carbocycles. The number of rotatable bonds is 4. The van der Waals surface area contributed by atoms with E-state index in [1.54, 1.807) is 13.0 Å². The number of hydrogen-bond acceptors (Lipinski definition) is 3. The van der Waals surface area contributed by atoms with Gasteiger partial charge in [-0.1, -0.05) is 11.6 Å². The van der Waals surface area contributed by atoms with E-state index in [2.05, 4.69) is 5.32 Å². The number of hydrogen-bond donors (Lipinski definition) is 2. The summed E-state index contributed by atoms with van der Waals surface area (Å²) in [7, 11) is 0. The number of carbonyl (C=O) groups excluding carboxylic acids is 1. The summed E-state index contributed by atoms with van der Waals surface area (Å²) in [5.74, 6) is -1.60. The summed E-state index contributed by atoms with van der Waals surface area (Å²) < 4.78 is 1.19. The normalized spacial score (nSPS) is 10.7. The van der Waals surface area contributed by atoms with Gasteiger partial charge in [-0.15, -0.1) is 0 Å². The first-order valence-electron chi connectivity index (χ1n) is 7.28. The number of carbonyl (C=O) groups is 2. The molecule has 6 nitrogen and oxygen atoms in total. The Kier molecular flexibility index (Phi) is 5.09. The molecule has 0 atom stereocenters. The molecule has 1 aromatic heterocycles.